The summed E-state index contributed by atoms with van der Waals surface area (Å²) in [5.41, 5.74) is 39.9. The molecule has 10 atom stereocenters. The summed E-state index contributed by atoms with van der Waals surface area (Å²) in [7, 11) is 0. The lowest BCUT2D eigenvalue weighted by Gasteiger charge is -2.26. The molecule has 29 N–H and O–H groups in total. The van der Waals surface area contributed by atoms with Gasteiger partial charge in [-0.15, -0.1) is 0 Å². The molecule has 0 spiro atoms. The van der Waals surface area contributed by atoms with Crippen molar-refractivity contribution in [3.8, 4) is 0 Å². The van der Waals surface area contributed by atoms with E-state index in [1.54, 1.807) is 30.3 Å². The number of aliphatic hydroxyl groups excluding tert-OH is 2. The first kappa shape index (κ1) is 84.9. The summed E-state index contributed by atoms with van der Waals surface area (Å²) >= 11 is 0. The summed E-state index contributed by atoms with van der Waals surface area (Å²) in [6.45, 7) is 1.26. The molecule has 0 saturated heterocycles. The summed E-state index contributed by atoms with van der Waals surface area (Å²) < 4.78 is 13.2. The van der Waals surface area contributed by atoms with E-state index in [0.717, 1.165) is 6.92 Å². The van der Waals surface area contributed by atoms with Crippen LogP contribution >= 0.6 is 0 Å². The standard InChI is InChI=1S/C61H99FN22O15/c1-34(76-48(89)32-75-59(99)50(36(3)86)84-57(97)44(27-37-13-5-4-6-14-37)78-49(90)31-74-47(88)30-73-46(87)29-70-28-38-19-21-39(62)22-20-38)52(92)80-43(18-12-26-72-61(68)69)55(95)82-41(16-8-10-24-64)56(96)83-45(33-85)58(98)77-35(2)53(93)81-42(17-11-25-71-60(66)67)54(94)79-40(51(65)91)15-7-9-23-63/h4-6,13-14,19-22,34-36,40-45,50,70,85-86H,7-12,15-18,23-33,63-64H2,1-3H3,(H2,65,91)(H,73,87)(H,74,88)(H,75,99)(H,76,89)(H,77,98)(H,78,90)(H,79,94)(H,80,92)(H,81,93)(H,82,95)(H,83,96)(H,84,97)(H4,66,67,71)(H4,68,69,72)/t34-,35-,36+,40-,41-,42-,43-,44-,45-,50+/m0/s1. The Labute approximate surface area is 572 Å². The Bertz CT molecular complexity index is 3030. The van der Waals surface area contributed by atoms with Crippen LogP contribution in [0.3, 0.4) is 0 Å². The molecule has 2 rings (SSSR count). The van der Waals surface area contributed by atoms with E-state index in [1.165, 1.54) is 38.1 Å². The monoisotopic (exact) mass is 1400 g/mol. The minimum atomic E-state index is -1.73. The number of halogens is 1. The molecule has 0 radical (unpaired) electrons. The Morgan fingerprint density at radius 3 is 1.35 bits per heavy atom. The van der Waals surface area contributed by atoms with Gasteiger partial charge < -0.3 is 119 Å². The predicted molar refractivity (Wildman–Crippen MR) is 360 cm³/mol. The lowest BCUT2D eigenvalue weighted by Crippen LogP contribution is -2.60. The predicted octanol–water partition coefficient (Wildman–Crippen LogP) is -8.87. The summed E-state index contributed by atoms with van der Waals surface area (Å²) in [4.78, 5) is 181. The number of carbonyl (C=O) groups excluding carboxylic acids is 13. The molecule has 0 saturated carbocycles. The van der Waals surface area contributed by atoms with Crippen molar-refractivity contribution in [1.29, 1.82) is 0 Å². The number of hydrogen-bond acceptors (Lipinski definition) is 20. The molecule has 13 amide bonds. The highest BCUT2D eigenvalue weighted by molar-refractivity contribution is 5.99. The van der Waals surface area contributed by atoms with Crippen molar-refractivity contribution in [2.24, 2.45) is 50.1 Å². The summed E-state index contributed by atoms with van der Waals surface area (Å²) in [5, 5.41) is 52.8. The maximum Gasteiger partial charge on any atom is 0.245 e. The molecule has 2 aromatic carbocycles. The zero-order chi connectivity index (χ0) is 74.0. The van der Waals surface area contributed by atoms with E-state index in [9.17, 15) is 76.9 Å². The van der Waals surface area contributed by atoms with Gasteiger partial charge in [-0.3, -0.25) is 72.3 Å². The van der Waals surface area contributed by atoms with Crippen molar-refractivity contribution in [1.82, 2.24) is 69.1 Å². The number of aliphatic imine (C=N–C) groups is 2. The first-order valence-corrected chi connectivity index (χ1v) is 32.1. The van der Waals surface area contributed by atoms with Gasteiger partial charge in [0.1, 0.15) is 60.2 Å². The molecule has 0 aliphatic rings. The van der Waals surface area contributed by atoms with Crippen molar-refractivity contribution in [2.45, 2.75) is 158 Å². The van der Waals surface area contributed by atoms with Gasteiger partial charge in [0.05, 0.1) is 38.9 Å². The molecule has 0 fully saturated rings. The van der Waals surface area contributed by atoms with Crippen LogP contribution in [0.15, 0.2) is 64.6 Å². The average Bonchev–Trinajstić information content (AvgIpc) is 0.896. The van der Waals surface area contributed by atoms with Crippen LogP contribution in [0.1, 0.15) is 96.1 Å². The van der Waals surface area contributed by atoms with Gasteiger partial charge in [-0.1, -0.05) is 42.5 Å². The summed E-state index contributed by atoms with van der Waals surface area (Å²) in [6.07, 6.45) is -0.0130. The van der Waals surface area contributed by atoms with Crippen molar-refractivity contribution < 1.29 is 76.9 Å². The number of benzene rings is 2. The SMILES string of the molecule is C[C@H](NC(=O)CNC(=O)[C@H](NC(=O)[C@H](Cc1ccccc1)NC(=O)CNC(=O)CNC(=O)CNCc1ccc(F)cc1)[C@@H](C)O)C(=O)N[C@@H](CCCN=C(N)N)C(=O)N[C@@H](CCCCN)C(=O)N[C@@H](CO)C(=O)N[C@@H](C)C(=O)N[C@@H](CCCN=C(N)N)C(=O)N[C@@H](CCCCN)C(N)=O. The highest BCUT2D eigenvalue weighted by atomic mass is 19.1. The number of amides is 13. The molecule has 0 heterocycles. The number of rotatable bonds is 48. The number of nitrogens with one attached hydrogen (secondary N) is 13. The van der Waals surface area contributed by atoms with Crippen LogP contribution in [0.5, 0.6) is 0 Å². The Balaban J connectivity index is 2.16. The van der Waals surface area contributed by atoms with Crippen molar-refractivity contribution in [2.75, 3.05) is 59.0 Å². The maximum absolute atomic E-state index is 14.1. The normalized spacial score (nSPS) is 13.9. The van der Waals surface area contributed by atoms with E-state index < -0.39 is 169 Å². The molecular formula is C61H99FN22O15. The third-order valence-electron chi connectivity index (χ3n) is 14.5. The van der Waals surface area contributed by atoms with Crippen molar-refractivity contribution in [3.05, 3.63) is 71.5 Å². The fourth-order valence-corrected chi connectivity index (χ4v) is 9.07. The molecule has 0 aliphatic heterocycles. The van der Waals surface area contributed by atoms with E-state index in [1.807, 2.05) is 0 Å². The number of nitrogens with two attached hydrogens (primary N) is 7. The third-order valence-corrected chi connectivity index (χ3v) is 14.5. The largest absolute Gasteiger partial charge is 0.394 e. The highest BCUT2D eigenvalue weighted by Crippen LogP contribution is 2.10. The lowest BCUT2D eigenvalue weighted by molar-refractivity contribution is -0.136. The van der Waals surface area contributed by atoms with Crippen LogP contribution in [0.2, 0.25) is 0 Å². The van der Waals surface area contributed by atoms with Crippen LogP contribution in [0.4, 0.5) is 4.39 Å². The first-order chi connectivity index (χ1) is 47.0. The Kier molecular flexibility index (Phi) is 40.2. The Morgan fingerprint density at radius 2 is 0.859 bits per heavy atom. The van der Waals surface area contributed by atoms with E-state index in [0.29, 0.717) is 36.9 Å². The number of nitrogens with zero attached hydrogens (tertiary/aromatic N) is 2. The second-order valence-electron chi connectivity index (χ2n) is 22.9. The second-order valence-corrected chi connectivity index (χ2v) is 22.9. The second kappa shape index (κ2) is 46.9. The lowest BCUT2D eigenvalue weighted by atomic mass is 10.0. The van der Waals surface area contributed by atoms with E-state index in [-0.39, 0.29) is 96.0 Å². The number of guanidine groups is 2. The summed E-state index contributed by atoms with van der Waals surface area (Å²) in [6, 6.07) is 0.955. The molecule has 550 valence electrons. The van der Waals surface area contributed by atoms with Crippen LogP contribution in [-0.2, 0) is 75.3 Å². The van der Waals surface area contributed by atoms with Gasteiger partial charge >= 0.3 is 0 Å². The maximum atomic E-state index is 14.1. The van der Waals surface area contributed by atoms with Crippen LogP contribution in [0.25, 0.3) is 0 Å². The molecular weight excluding hydrogens is 1300 g/mol. The van der Waals surface area contributed by atoms with Crippen LogP contribution in [0, 0.1) is 5.82 Å². The smallest absolute Gasteiger partial charge is 0.245 e. The van der Waals surface area contributed by atoms with Gasteiger partial charge in [0.2, 0.25) is 76.8 Å². The highest BCUT2D eigenvalue weighted by Gasteiger charge is 2.34. The van der Waals surface area contributed by atoms with E-state index >= 15 is 0 Å². The average molecular weight is 1400 g/mol. The fraction of sp³-hybridized carbons (Fsp3) is 0.557. The number of carbonyl (C=O) groups is 13. The molecule has 0 aromatic heterocycles. The fourth-order valence-electron chi connectivity index (χ4n) is 9.07. The zero-order valence-electron chi connectivity index (χ0n) is 55.8. The topological polar surface area (TPSA) is 626 Å². The van der Waals surface area contributed by atoms with E-state index in [2.05, 4.69) is 79.1 Å². The molecule has 0 bridgehead atoms. The van der Waals surface area contributed by atoms with Crippen molar-refractivity contribution in [3.63, 3.8) is 0 Å². The molecule has 99 heavy (non-hydrogen) atoms. The number of aliphatic hydroxyl groups is 2. The van der Waals surface area contributed by atoms with Gasteiger partial charge in [0.25, 0.3) is 0 Å². The minimum Gasteiger partial charge on any atom is -0.394 e. The van der Waals surface area contributed by atoms with E-state index in [4.69, 9.17) is 40.1 Å². The Hall–Kier alpha value is -10.2. The van der Waals surface area contributed by atoms with Gasteiger partial charge in [0, 0.05) is 26.1 Å². The molecule has 2 aromatic rings. The number of hydrogen-bond donors (Lipinski definition) is 22. The molecule has 0 unspecified atom stereocenters. The van der Waals surface area contributed by atoms with Gasteiger partial charge in [-0.25, -0.2) is 4.39 Å². The van der Waals surface area contributed by atoms with Crippen LogP contribution in [-0.4, -0.2) is 218 Å². The zero-order valence-corrected chi connectivity index (χ0v) is 55.8. The number of unbranched alkanes of at least 4 members (excludes halogenated alkanes) is 2. The van der Waals surface area contributed by atoms with Gasteiger partial charge in [0.15, 0.2) is 11.9 Å². The van der Waals surface area contributed by atoms with Crippen molar-refractivity contribution >= 4 is 88.7 Å². The van der Waals surface area contributed by atoms with Gasteiger partial charge in [-0.2, -0.15) is 0 Å². The number of primary amides is 1. The summed E-state index contributed by atoms with van der Waals surface area (Å²) in [5.74, 6) is -12.5. The molecule has 37 nitrogen and oxygen atoms in total. The first-order valence-electron chi connectivity index (χ1n) is 32.1. The van der Waals surface area contributed by atoms with Crippen LogP contribution < -0.4 is 109 Å². The minimum absolute atomic E-state index is 0.0288. The molecule has 0 aliphatic carbocycles. The Morgan fingerprint density at radius 1 is 0.434 bits per heavy atom. The molecule has 38 heteroatoms. The quantitative estimate of drug-likeness (QED) is 0.0166. The van der Waals surface area contributed by atoms with Gasteiger partial charge in [-0.05, 0) is 121 Å². The third kappa shape index (κ3) is 35.6.